The largest absolute Gasteiger partial charge is 0.471 e. The number of hydrogen-bond donors (Lipinski definition) is 0. The van der Waals surface area contributed by atoms with Gasteiger partial charge in [-0.25, -0.2) is 4.99 Å². The van der Waals surface area contributed by atoms with Gasteiger partial charge in [-0.05, 0) is 19.3 Å². The number of ether oxygens (including phenoxy) is 1. The summed E-state index contributed by atoms with van der Waals surface area (Å²) in [4.78, 5) is 37.6. The second-order valence-electron chi connectivity index (χ2n) is 5.26. The van der Waals surface area contributed by atoms with Gasteiger partial charge in [0, 0.05) is 18.9 Å². The average Bonchev–Trinajstić information content (AvgIpc) is 2.97. The van der Waals surface area contributed by atoms with E-state index in [1.807, 2.05) is 13.0 Å². The fourth-order valence-electron chi connectivity index (χ4n) is 2.27. The summed E-state index contributed by atoms with van der Waals surface area (Å²) in [5, 5.41) is 0. The minimum absolute atomic E-state index is 0.366. The van der Waals surface area contributed by atoms with E-state index < -0.39 is 23.6 Å². The lowest BCUT2D eigenvalue weighted by Crippen LogP contribution is -2.34. The summed E-state index contributed by atoms with van der Waals surface area (Å²) < 4.78 is 5.70. The van der Waals surface area contributed by atoms with Crippen molar-refractivity contribution in [2.24, 2.45) is 10.9 Å². The third-order valence-electron chi connectivity index (χ3n) is 3.54. The molecule has 2 unspecified atom stereocenters. The van der Waals surface area contributed by atoms with E-state index in [9.17, 15) is 14.4 Å². The van der Waals surface area contributed by atoms with Crippen LogP contribution in [0.4, 0.5) is 0 Å². The molecular weight excluding hydrogens is 282 g/mol. The number of allylic oxidation sites excluding steroid dienone is 1. The highest BCUT2D eigenvalue weighted by molar-refractivity contribution is 6.37. The smallest absolute Gasteiger partial charge is 0.215 e. The third kappa shape index (κ3) is 5.06. The zero-order chi connectivity index (χ0) is 16.5. The number of nitrogens with zero attached hydrogens (tertiary/aromatic N) is 1. The molecular formula is C17H23NO4. The van der Waals surface area contributed by atoms with Gasteiger partial charge in [0.25, 0.3) is 0 Å². The lowest BCUT2D eigenvalue weighted by Gasteiger charge is -2.19. The second kappa shape index (κ2) is 9.07. The van der Waals surface area contributed by atoms with Gasteiger partial charge in [0.15, 0.2) is 5.78 Å². The number of carbonyl (C=O) groups is 3. The maximum atomic E-state index is 11.9. The highest BCUT2D eigenvalue weighted by atomic mass is 16.5. The quantitative estimate of drug-likeness (QED) is 0.269. The molecule has 0 amide bonds. The van der Waals surface area contributed by atoms with E-state index in [-0.39, 0.29) is 0 Å². The summed E-state index contributed by atoms with van der Waals surface area (Å²) in [6.45, 7) is 7.39. The highest BCUT2D eigenvalue weighted by Crippen LogP contribution is 2.21. The van der Waals surface area contributed by atoms with Crippen LogP contribution in [0.3, 0.4) is 0 Å². The predicted molar refractivity (Wildman–Crippen MR) is 84.8 cm³/mol. The highest BCUT2D eigenvalue weighted by Gasteiger charge is 2.34. The minimum atomic E-state index is -0.455. The third-order valence-corrected chi connectivity index (χ3v) is 3.54. The molecule has 5 nitrogen and oxygen atoms in total. The summed E-state index contributed by atoms with van der Waals surface area (Å²) in [7, 11) is 0. The van der Waals surface area contributed by atoms with E-state index in [0.717, 1.165) is 19.1 Å². The molecule has 1 aliphatic heterocycles. The number of unbranched alkanes of at least 4 members (excludes halogenated alkanes) is 2. The Morgan fingerprint density at radius 2 is 2.18 bits per heavy atom. The Balaban J connectivity index is 2.53. The van der Waals surface area contributed by atoms with Gasteiger partial charge in [0.1, 0.15) is 12.4 Å². The van der Waals surface area contributed by atoms with Gasteiger partial charge in [-0.15, -0.1) is 0 Å². The van der Waals surface area contributed by atoms with Gasteiger partial charge in [0.05, 0.1) is 12.5 Å². The van der Waals surface area contributed by atoms with Crippen LogP contribution in [-0.2, 0) is 19.1 Å². The van der Waals surface area contributed by atoms with Crippen LogP contribution in [0.2, 0.25) is 0 Å². The Bertz CT molecular complexity index is 505. The molecule has 120 valence electrons. The molecule has 0 N–H and O–H groups in total. The van der Waals surface area contributed by atoms with E-state index in [0.29, 0.717) is 30.9 Å². The minimum Gasteiger partial charge on any atom is -0.471 e. The van der Waals surface area contributed by atoms with Crippen molar-refractivity contribution in [3.8, 4) is 0 Å². The first kappa shape index (κ1) is 18.0. The molecule has 2 atom stereocenters. The molecule has 0 aromatic carbocycles. The molecule has 0 aliphatic carbocycles. The molecule has 1 heterocycles. The molecule has 0 saturated carbocycles. The van der Waals surface area contributed by atoms with Crippen LogP contribution in [0.15, 0.2) is 29.3 Å². The molecule has 0 spiro atoms. The average molecular weight is 305 g/mol. The molecule has 0 bridgehead atoms. The van der Waals surface area contributed by atoms with Gasteiger partial charge in [-0.2, -0.15) is 0 Å². The zero-order valence-electron chi connectivity index (χ0n) is 13.2. The number of aldehydes is 1. The van der Waals surface area contributed by atoms with Crippen molar-refractivity contribution >= 4 is 23.8 Å². The van der Waals surface area contributed by atoms with Gasteiger partial charge in [0.2, 0.25) is 11.7 Å². The number of ketones is 2. The fraction of sp³-hybridized carbons (Fsp3) is 0.529. The first-order chi connectivity index (χ1) is 10.5. The van der Waals surface area contributed by atoms with E-state index in [2.05, 4.69) is 11.6 Å². The maximum absolute atomic E-state index is 11.9. The monoisotopic (exact) mass is 305 g/mol. The second-order valence-corrected chi connectivity index (χ2v) is 5.26. The number of rotatable bonds is 10. The summed E-state index contributed by atoms with van der Waals surface area (Å²) in [5.74, 6) is -0.883. The number of aliphatic imine (C=N–C) groups is 1. The van der Waals surface area contributed by atoms with Crippen molar-refractivity contribution < 1.29 is 19.1 Å². The standard InChI is InChI=1S/C17H23NO4/c1-4-14(16(21)13(3)20)15-11-18-17(22-15)12(2)9-7-5-6-8-10-19/h7,9-10,14-15H,2,4-6,8,11H2,1,3H3. The molecule has 0 aromatic heterocycles. The van der Waals surface area contributed by atoms with Crippen LogP contribution in [0, 0.1) is 5.92 Å². The van der Waals surface area contributed by atoms with Crippen molar-refractivity contribution in [1.29, 1.82) is 0 Å². The first-order valence-corrected chi connectivity index (χ1v) is 7.56. The van der Waals surface area contributed by atoms with Crippen LogP contribution >= 0.6 is 0 Å². The maximum Gasteiger partial charge on any atom is 0.215 e. The van der Waals surface area contributed by atoms with Gasteiger partial charge < -0.3 is 9.53 Å². The predicted octanol–water partition coefficient (Wildman–Crippen LogP) is 2.45. The normalized spacial score (nSPS) is 18.6. The summed E-state index contributed by atoms with van der Waals surface area (Å²) in [6, 6.07) is 0. The van der Waals surface area contributed by atoms with Gasteiger partial charge >= 0.3 is 0 Å². The molecule has 0 aromatic rings. The Kier molecular flexibility index (Phi) is 7.43. The molecule has 5 heteroatoms. The SMILES string of the molecule is C=C(C=CCCCC=O)C1=NCC(C(CC)C(=O)C(C)=O)O1. The van der Waals surface area contributed by atoms with E-state index in [4.69, 9.17) is 4.74 Å². The van der Waals surface area contributed by atoms with Crippen molar-refractivity contribution in [2.45, 2.75) is 45.6 Å². The van der Waals surface area contributed by atoms with Crippen LogP contribution in [0.25, 0.3) is 0 Å². The summed E-state index contributed by atoms with van der Waals surface area (Å²) in [5.41, 5.74) is 0.638. The fourth-order valence-corrected chi connectivity index (χ4v) is 2.27. The van der Waals surface area contributed by atoms with Crippen LogP contribution in [0.1, 0.15) is 39.5 Å². The molecule has 1 aliphatic rings. The number of Topliss-reactive ketones (excluding diaryl/α,β-unsaturated/α-hetero) is 2. The van der Waals surface area contributed by atoms with Crippen LogP contribution in [0.5, 0.6) is 0 Å². The van der Waals surface area contributed by atoms with Gasteiger partial charge in [-0.3, -0.25) is 9.59 Å². The molecule has 0 fully saturated rings. The Hall–Kier alpha value is -2.04. The van der Waals surface area contributed by atoms with E-state index >= 15 is 0 Å². The molecule has 0 radical (unpaired) electrons. The summed E-state index contributed by atoms with van der Waals surface area (Å²) >= 11 is 0. The number of hydrogen-bond acceptors (Lipinski definition) is 5. The van der Waals surface area contributed by atoms with Crippen LogP contribution < -0.4 is 0 Å². The van der Waals surface area contributed by atoms with Crippen LogP contribution in [-0.4, -0.2) is 36.4 Å². The Labute approximate surface area is 131 Å². The van der Waals surface area contributed by atoms with Gasteiger partial charge in [-0.1, -0.05) is 25.7 Å². The van der Waals surface area contributed by atoms with Crippen molar-refractivity contribution in [3.05, 3.63) is 24.3 Å². The lowest BCUT2D eigenvalue weighted by molar-refractivity contribution is -0.139. The Morgan fingerprint density at radius 3 is 2.77 bits per heavy atom. The van der Waals surface area contributed by atoms with E-state index in [1.54, 1.807) is 6.08 Å². The summed E-state index contributed by atoms with van der Waals surface area (Å²) in [6.07, 6.45) is 6.90. The van der Waals surface area contributed by atoms with Crippen molar-refractivity contribution in [1.82, 2.24) is 0 Å². The molecule has 22 heavy (non-hydrogen) atoms. The molecule has 0 saturated heterocycles. The zero-order valence-corrected chi connectivity index (χ0v) is 13.2. The first-order valence-electron chi connectivity index (χ1n) is 7.56. The van der Waals surface area contributed by atoms with Crippen molar-refractivity contribution in [3.63, 3.8) is 0 Å². The van der Waals surface area contributed by atoms with E-state index in [1.165, 1.54) is 6.92 Å². The topological polar surface area (TPSA) is 72.8 Å². The lowest BCUT2D eigenvalue weighted by atomic mass is 9.92. The number of carbonyl (C=O) groups excluding carboxylic acids is 3. The molecule has 1 rings (SSSR count). The Morgan fingerprint density at radius 1 is 1.45 bits per heavy atom. The van der Waals surface area contributed by atoms with Crippen molar-refractivity contribution in [2.75, 3.05) is 6.54 Å².